The van der Waals surface area contributed by atoms with E-state index < -0.39 is 18.2 Å². The van der Waals surface area contributed by atoms with Crippen molar-refractivity contribution in [2.45, 2.75) is 25.8 Å². The van der Waals surface area contributed by atoms with E-state index in [2.05, 4.69) is 20.2 Å². The summed E-state index contributed by atoms with van der Waals surface area (Å²) in [4.78, 5) is 10.00. The van der Waals surface area contributed by atoms with Crippen LogP contribution in [0.3, 0.4) is 0 Å². The summed E-state index contributed by atoms with van der Waals surface area (Å²) in [6.45, 7) is 5.16. The standard InChI is InChI=1S/C22H22F3N5O2/c1-13-11-30-12-17(28-20(30)19(27-13)22(23,24)25)16-9-14-3-4-15(10-18(14)32-21(16)31)29-7-2-5-26-6-8-29/h3-4,9-12,21,26,31H,2,5-8H2,1H3. The average Bonchev–Trinajstić information content (AvgIpc) is 2.96. The van der Waals surface area contributed by atoms with Gasteiger partial charge in [-0.15, -0.1) is 0 Å². The molecule has 0 radical (unpaired) electrons. The number of ether oxygens (including phenoxy) is 1. The summed E-state index contributed by atoms with van der Waals surface area (Å²) in [6.07, 6.45) is -0.344. The second-order valence-electron chi connectivity index (χ2n) is 7.97. The molecule has 1 atom stereocenters. The Kier molecular flexibility index (Phi) is 5.06. The van der Waals surface area contributed by atoms with E-state index in [-0.39, 0.29) is 17.0 Å². The Morgan fingerprint density at radius 1 is 1.16 bits per heavy atom. The predicted octanol–water partition coefficient (Wildman–Crippen LogP) is 3.11. The lowest BCUT2D eigenvalue weighted by molar-refractivity contribution is -0.140. The third kappa shape index (κ3) is 3.80. The van der Waals surface area contributed by atoms with Gasteiger partial charge in [-0.25, -0.2) is 9.97 Å². The molecule has 2 aromatic heterocycles. The quantitative estimate of drug-likeness (QED) is 0.632. The molecule has 4 heterocycles. The van der Waals surface area contributed by atoms with Crippen LogP contribution < -0.4 is 15.0 Å². The van der Waals surface area contributed by atoms with Crippen LogP contribution in [0.15, 0.2) is 30.6 Å². The maximum absolute atomic E-state index is 13.4. The van der Waals surface area contributed by atoms with Crippen molar-refractivity contribution in [3.8, 4) is 5.75 Å². The number of nitrogens with zero attached hydrogens (tertiary/aromatic N) is 4. The Labute approximate surface area is 182 Å². The number of nitrogens with one attached hydrogen (secondary N) is 1. The minimum Gasteiger partial charge on any atom is -0.460 e. The predicted molar refractivity (Wildman–Crippen MR) is 113 cm³/mol. The molecule has 0 saturated carbocycles. The summed E-state index contributed by atoms with van der Waals surface area (Å²) < 4.78 is 47.3. The Morgan fingerprint density at radius 3 is 2.81 bits per heavy atom. The van der Waals surface area contributed by atoms with Crippen LogP contribution in [0.25, 0.3) is 17.3 Å². The molecular formula is C22H22F3N5O2. The van der Waals surface area contributed by atoms with Gasteiger partial charge in [0.2, 0.25) is 6.29 Å². The van der Waals surface area contributed by atoms with Gasteiger partial charge in [-0.05, 0) is 38.1 Å². The first kappa shape index (κ1) is 20.8. The normalized spacial score (nSPS) is 19.3. The number of hydrogen-bond donors (Lipinski definition) is 2. The van der Waals surface area contributed by atoms with Crippen LogP contribution in [0, 0.1) is 6.92 Å². The molecular weight excluding hydrogens is 423 g/mol. The molecule has 1 saturated heterocycles. The van der Waals surface area contributed by atoms with Crippen molar-refractivity contribution in [3.05, 3.63) is 53.2 Å². The summed E-state index contributed by atoms with van der Waals surface area (Å²) in [5.41, 5.74) is 1.05. The van der Waals surface area contributed by atoms with Crippen LogP contribution >= 0.6 is 0 Å². The molecule has 2 aliphatic heterocycles. The number of imidazole rings is 1. The second-order valence-corrected chi connectivity index (χ2v) is 7.97. The van der Waals surface area contributed by atoms with Gasteiger partial charge in [0.25, 0.3) is 0 Å². The first-order valence-electron chi connectivity index (χ1n) is 10.4. The number of benzene rings is 1. The second kappa shape index (κ2) is 7.79. The molecule has 2 aliphatic rings. The van der Waals surface area contributed by atoms with Gasteiger partial charge in [-0.3, -0.25) is 0 Å². The van der Waals surface area contributed by atoms with Crippen molar-refractivity contribution in [3.63, 3.8) is 0 Å². The van der Waals surface area contributed by atoms with E-state index in [1.54, 1.807) is 6.08 Å². The van der Waals surface area contributed by atoms with Gasteiger partial charge in [0.1, 0.15) is 5.75 Å². The molecule has 1 unspecified atom stereocenters. The lowest BCUT2D eigenvalue weighted by atomic mass is 10.0. The Balaban J connectivity index is 1.52. The van der Waals surface area contributed by atoms with Crippen LogP contribution in [-0.2, 0) is 6.18 Å². The van der Waals surface area contributed by atoms with Crippen molar-refractivity contribution in [2.24, 2.45) is 0 Å². The molecule has 7 nitrogen and oxygen atoms in total. The fourth-order valence-electron chi connectivity index (χ4n) is 4.12. The molecule has 168 valence electrons. The zero-order valence-electron chi connectivity index (χ0n) is 17.4. The Bertz CT molecular complexity index is 1200. The monoisotopic (exact) mass is 445 g/mol. The topological polar surface area (TPSA) is 74.9 Å². The lowest BCUT2D eigenvalue weighted by Crippen LogP contribution is -2.28. The molecule has 0 spiro atoms. The van der Waals surface area contributed by atoms with E-state index >= 15 is 0 Å². The van der Waals surface area contributed by atoms with Crippen LogP contribution in [-0.4, -0.2) is 51.9 Å². The van der Waals surface area contributed by atoms with Crippen LogP contribution in [0.5, 0.6) is 5.75 Å². The van der Waals surface area contributed by atoms with E-state index in [9.17, 15) is 18.3 Å². The van der Waals surface area contributed by atoms with Crippen LogP contribution in [0.4, 0.5) is 18.9 Å². The van der Waals surface area contributed by atoms with Gasteiger partial charge in [-0.2, -0.15) is 13.2 Å². The van der Waals surface area contributed by atoms with E-state index in [0.29, 0.717) is 11.3 Å². The molecule has 32 heavy (non-hydrogen) atoms. The van der Waals surface area contributed by atoms with E-state index in [1.165, 1.54) is 23.7 Å². The van der Waals surface area contributed by atoms with Crippen molar-refractivity contribution < 1.29 is 23.0 Å². The fourth-order valence-corrected chi connectivity index (χ4v) is 4.12. The SMILES string of the molecule is Cc1cn2cc(C3=Cc4ccc(N5CCCNCC5)cc4OC3O)nc2c(C(F)(F)F)n1. The molecule has 3 aromatic rings. The van der Waals surface area contributed by atoms with E-state index in [4.69, 9.17) is 4.74 Å². The van der Waals surface area contributed by atoms with Gasteiger partial charge in [0.05, 0.1) is 11.4 Å². The molecule has 0 bridgehead atoms. The highest BCUT2D eigenvalue weighted by atomic mass is 19.4. The molecule has 5 rings (SSSR count). The number of aromatic nitrogens is 3. The van der Waals surface area contributed by atoms with Gasteiger partial charge in [-0.1, -0.05) is 0 Å². The van der Waals surface area contributed by atoms with Crippen molar-refractivity contribution in [1.82, 2.24) is 19.7 Å². The lowest BCUT2D eigenvalue weighted by Gasteiger charge is -2.26. The summed E-state index contributed by atoms with van der Waals surface area (Å²) in [7, 11) is 0. The largest absolute Gasteiger partial charge is 0.460 e. The van der Waals surface area contributed by atoms with Gasteiger partial charge in [0, 0.05) is 54.9 Å². The average molecular weight is 445 g/mol. The van der Waals surface area contributed by atoms with E-state index in [1.807, 2.05) is 18.2 Å². The molecule has 1 aromatic carbocycles. The van der Waals surface area contributed by atoms with Crippen molar-refractivity contribution >= 4 is 23.0 Å². The first-order chi connectivity index (χ1) is 15.3. The maximum Gasteiger partial charge on any atom is 0.437 e. The van der Waals surface area contributed by atoms with Crippen molar-refractivity contribution in [1.29, 1.82) is 0 Å². The number of halogens is 3. The minimum atomic E-state index is -4.64. The van der Waals surface area contributed by atoms with Crippen LogP contribution in [0.2, 0.25) is 0 Å². The molecule has 2 N–H and O–H groups in total. The number of alkyl halides is 3. The van der Waals surface area contributed by atoms with Crippen LogP contribution in [0.1, 0.15) is 29.1 Å². The Hall–Kier alpha value is -3.11. The number of rotatable bonds is 2. The highest BCUT2D eigenvalue weighted by molar-refractivity contribution is 5.86. The van der Waals surface area contributed by atoms with Gasteiger partial charge in [0.15, 0.2) is 11.3 Å². The van der Waals surface area contributed by atoms with Gasteiger partial charge >= 0.3 is 6.18 Å². The number of hydrogen-bond acceptors (Lipinski definition) is 6. The number of aryl methyl sites for hydroxylation is 1. The highest BCUT2D eigenvalue weighted by Gasteiger charge is 2.37. The fraction of sp³-hybridized carbons (Fsp3) is 0.364. The van der Waals surface area contributed by atoms with Gasteiger partial charge < -0.3 is 24.5 Å². The smallest absolute Gasteiger partial charge is 0.437 e. The first-order valence-corrected chi connectivity index (χ1v) is 10.4. The summed E-state index contributed by atoms with van der Waals surface area (Å²) >= 11 is 0. The zero-order valence-corrected chi connectivity index (χ0v) is 17.4. The summed E-state index contributed by atoms with van der Waals surface area (Å²) in [5, 5.41) is 14.0. The molecule has 0 amide bonds. The van der Waals surface area contributed by atoms with E-state index in [0.717, 1.165) is 43.9 Å². The number of anilines is 1. The minimum absolute atomic E-state index is 0.198. The highest BCUT2D eigenvalue weighted by Crippen LogP contribution is 2.37. The third-order valence-corrected chi connectivity index (χ3v) is 5.64. The molecule has 1 fully saturated rings. The Morgan fingerprint density at radius 2 is 2.00 bits per heavy atom. The third-order valence-electron chi connectivity index (χ3n) is 5.64. The molecule has 10 heteroatoms. The number of aliphatic hydroxyl groups is 1. The molecule has 0 aliphatic carbocycles. The zero-order chi connectivity index (χ0) is 22.5. The number of fused-ring (bicyclic) bond motifs is 2. The number of aliphatic hydroxyl groups excluding tert-OH is 1. The van der Waals surface area contributed by atoms with Crippen molar-refractivity contribution in [2.75, 3.05) is 31.1 Å². The summed E-state index contributed by atoms with van der Waals surface area (Å²) in [5.74, 6) is 0.521. The summed E-state index contributed by atoms with van der Waals surface area (Å²) in [6, 6.07) is 5.76. The maximum atomic E-state index is 13.4.